The molecule has 0 atom stereocenters. The SMILES string of the molecule is O=C(O)c1ccc(NC(=O)N2CC=CCC2)cc1F. The molecule has 0 aromatic heterocycles. The van der Waals surface area contributed by atoms with Crippen molar-refractivity contribution in [1.29, 1.82) is 0 Å². The highest BCUT2D eigenvalue weighted by molar-refractivity contribution is 5.92. The fourth-order valence-electron chi connectivity index (χ4n) is 1.79. The summed E-state index contributed by atoms with van der Waals surface area (Å²) in [5, 5.41) is 11.2. The predicted molar refractivity (Wildman–Crippen MR) is 67.7 cm³/mol. The second kappa shape index (κ2) is 5.51. The van der Waals surface area contributed by atoms with Crippen LogP contribution >= 0.6 is 0 Å². The number of rotatable bonds is 2. The number of carboxylic acids is 1. The van der Waals surface area contributed by atoms with Gasteiger partial charge in [-0.15, -0.1) is 0 Å². The Bertz CT molecular complexity index is 543. The third-order valence-corrected chi connectivity index (χ3v) is 2.80. The Hall–Kier alpha value is -2.37. The molecule has 0 radical (unpaired) electrons. The number of urea groups is 1. The monoisotopic (exact) mass is 264 g/mol. The third-order valence-electron chi connectivity index (χ3n) is 2.80. The summed E-state index contributed by atoms with van der Waals surface area (Å²) >= 11 is 0. The number of halogens is 1. The maximum absolute atomic E-state index is 13.4. The lowest BCUT2D eigenvalue weighted by atomic mass is 10.2. The molecule has 5 nitrogen and oxygen atoms in total. The molecule has 100 valence electrons. The second-order valence-electron chi connectivity index (χ2n) is 4.14. The molecule has 1 aromatic rings. The van der Waals surface area contributed by atoms with Crippen molar-refractivity contribution in [2.75, 3.05) is 18.4 Å². The van der Waals surface area contributed by atoms with Crippen molar-refractivity contribution in [3.8, 4) is 0 Å². The summed E-state index contributed by atoms with van der Waals surface area (Å²) in [7, 11) is 0. The fraction of sp³-hybridized carbons (Fsp3) is 0.231. The average molecular weight is 264 g/mol. The lowest BCUT2D eigenvalue weighted by molar-refractivity contribution is 0.0692. The van der Waals surface area contributed by atoms with Gasteiger partial charge in [-0.2, -0.15) is 0 Å². The van der Waals surface area contributed by atoms with E-state index in [9.17, 15) is 14.0 Å². The number of amides is 2. The van der Waals surface area contributed by atoms with Gasteiger partial charge in [-0.1, -0.05) is 12.2 Å². The van der Waals surface area contributed by atoms with Gasteiger partial charge in [0.25, 0.3) is 0 Å². The van der Waals surface area contributed by atoms with Gasteiger partial charge in [0.2, 0.25) is 0 Å². The summed E-state index contributed by atoms with van der Waals surface area (Å²) in [6.07, 6.45) is 4.67. The van der Waals surface area contributed by atoms with Crippen LogP contribution < -0.4 is 5.32 Å². The molecule has 2 rings (SSSR count). The van der Waals surface area contributed by atoms with E-state index in [0.29, 0.717) is 13.1 Å². The predicted octanol–water partition coefficient (Wildman–Crippen LogP) is 2.32. The van der Waals surface area contributed by atoms with E-state index >= 15 is 0 Å². The van der Waals surface area contributed by atoms with Crippen molar-refractivity contribution in [2.24, 2.45) is 0 Å². The fourth-order valence-corrected chi connectivity index (χ4v) is 1.79. The highest BCUT2D eigenvalue weighted by atomic mass is 19.1. The number of carboxylic acid groups (broad SMARTS) is 1. The number of anilines is 1. The Morgan fingerprint density at radius 2 is 2.11 bits per heavy atom. The molecule has 2 N–H and O–H groups in total. The van der Waals surface area contributed by atoms with Crippen molar-refractivity contribution < 1.29 is 19.1 Å². The summed E-state index contributed by atoms with van der Waals surface area (Å²) in [5.41, 5.74) is -0.180. The minimum absolute atomic E-state index is 0.238. The Balaban J connectivity index is 2.07. The van der Waals surface area contributed by atoms with Crippen LogP contribution in [0.4, 0.5) is 14.9 Å². The van der Waals surface area contributed by atoms with E-state index in [1.54, 1.807) is 4.90 Å². The molecule has 19 heavy (non-hydrogen) atoms. The van der Waals surface area contributed by atoms with Crippen LogP contribution in [-0.2, 0) is 0 Å². The van der Waals surface area contributed by atoms with E-state index in [4.69, 9.17) is 5.11 Å². The Morgan fingerprint density at radius 1 is 1.32 bits per heavy atom. The maximum Gasteiger partial charge on any atom is 0.338 e. The van der Waals surface area contributed by atoms with E-state index in [1.165, 1.54) is 6.07 Å². The molecule has 1 aromatic carbocycles. The van der Waals surface area contributed by atoms with Gasteiger partial charge in [-0.25, -0.2) is 14.0 Å². The number of hydrogen-bond acceptors (Lipinski definition) is 2. The summed E-state index contributed by atoms with van der Waals surface area (Å²) in [5.74, 6) is -2.21. The molecule has 0 fully saturated rings. The van der Waals surface area contributed by atoms with E-state index < -0.39 is 17.3 Å². The van der Waals surface area contributed by atoms with Crippen molar-refractivity contribution in [2.45, 2.75) is 6.42 Å². The number of carbonyl (C=O) groups is 2. The highest BCUT2D eigenvalue weighted by Gasteiger charge is 2.15. The highest BCUT2D eigenvalue weighted by Crippen LogP contribution is 2.15. The summed E-state index contributed by atoms with van der Waals surface area (Å²) < 4.78 is 13.4. The van der Waals surface area contributed by atoms with Crippen LogP contribution in [0.5, 0.6) is 0 Å². The van der Waals surface area contributed by atoms with E-state index in [2.05, 4.69) is 5.32 Å². The first kappa shape index (κ1) is 13.1. The Kier molecular flexibility index (Phi) is 3.79. The number of aromatic carboxylic acids is 1. The van der Waals surface area contributed by atoms with Crippen molar-refractivity contribution in [3.05, 3.63) is 41.7 Å². The van der Waals surface area contributed by atoms with Gasteiger partial charge in [-0.3, -0.25) is 0 Å². The molecule has 0 saturated heterocycles. The number of nitrogens with one attached hydrogen (secondary N) is 1. The van der Waals surface area contributed by atoms with Crippen LogP contribution in [0, 0.1) is 5.82 Å². The topological polar surface area (TPSA) is 69.6 Å². The molecule has 2 amide bonds. The van der Waals surface area contributed by atoms with Gasteiger partial charge in [0.05, 0.1) is 5.56 Å². The molecule has 0 aliphatic carbocycles. The van der Waals surface area contributed by atoms with E-state index in [0.717, 1.165) is 18.6 Å². The van der Waals surface area contributed by atoms with Gasteiger partial charge in [0, 0.05) is 18.8 Å². The van der Waals surface area contributed by atoms with Gasteiger partial charge in [0.1, 0.15) is 5.82 Å². The van der Waals surface area contributed by atoms with Gasteiger partial charge >= 0.3 is 12.0 Å². The molecule has 0 saturated carbocycles. The van der Waals surface area contributed by atoms with Gasteiger partial charge in [-0.05, 0) is 24.6 Å². The van der Waals surface area contributed by atoms with Crippen LogP contribution in [0.2, 0.25) is 0 Å². The Labute approximate surface area is 109 Å². The van der Waals surface area contributed by atoms with E-state index in [1.807, 2.05) is 12.2 Å². The summed E-state index contributed by atoms with van der Waals surface area (Å²) in [6.45, 7) is 1.12. The maximum atomic E-state index is 13.4. The molecular formula is C13H13FN2O3. The van der Waals surface area contributed by atoms with Crippen molar-refractivity contribution in [3.63, 3.8) is 0 Å². The number of nitrogens with zero attached hydrogens (tertiary/aromatic N) is 1. The zero-order chi connectivity index (χ0) is 13.8. The lowest BCUT2D eigenvalue weighted by Gasteiger charge is -2.23. The molecular weight excluding hydrogens is 251 g/mol. The first-order chi connectivity index (χ1) is 9.08. The molecule has 0 bridgehead atoms. The summed E-state index contributed by atoms with van der Waals surface area (Å²) in [6, 6.07) is 3.17. The molecule has 1 heterocycles. The molecule has 6 heteroatoms. The van der Waals surface area contributed by atoms with Crippen LogP contribution in [0.3, 0.4) is 0 Å². The molecule has 1 aliphatic rings. The second-order valence-corrected chi connectivity index (χ2v) is 4.14. The van der Waals surface area contributed by atoms with Gasteiger partial charge < -0.3 is 15.3 Å². The molecule has 0 unspecified atom stereocenters. The number of hydrogen-bond donors (Lipinski definition) is 2. The Morgan fingerprint density at radius 3 is 2.68 bits per heavy atom. The van der Waals surface area contributed by atoms with Crippen molar-refractivity contribution in [1.82, 2.24) is 4.90 Å². The van der Waals surface area contributed by atoms with Crippen LogP contribution in [0.1, 0.15) is 16.8 Å². The van der Waals surface area contributed by atoms with Crippen LogP contribution in [0.25, 0.3) is 0 Å². The summed E-state index contributed by atoms with van der Waals surface area (Å²) in [4.78, 5) is 24.1. The molecule has 0 spiro atoms. The quantitative estimate of drug-likeness (QED) is 0.805. The van der Waals surface area contributed by atoms with E-state index in [-0.39, 0.29) is 11.7 Å². The van der Waals surface area contributed by atoms with Crippen molar-refractivity contribution >= 4 is 17.7 Å². The van der Waals surface area contributed by atoms with Gasteiger partial charge in [0.15, 0.2) is 0 Å². The largest absolute Gasteiger partial charge is 0.478 e. The number of carbonyl (C=O) groups excluding carboxylic acids is 1. The first-order valence-electron chi connectivity index (χ1n) is 5.81. The zero-order valence-corrected chi connectivity index (χ0v) is 10.1. The van der Waals surface area contributed by atoms with Crippen LogP contribution in [-0.4, -0.2) is 35.1 Å². The minimum Gasteiger partial charge on any atom is -0.478 e. The normalized spacial score (nSPS) is 14.3. The average Bonchev–Trinajstić information content (AvgIpc) is 2.39. The van der Waals surface area contributed by atoms with Crippen LogP contribution in [0.15, 0.2) is 30.4 Å². The number of benzene rings is 1. The smallest absolute Gasteiger partial charge is 0.338 e. The zero-order valence-electron chi connectivity index (χ0n) is 10.1. The minimum atomic E-state index is -1.34. The standard InChI is InChI=1S/C13H13FN2O3/c14-11-8-9(4-5-10(11)12(17)18)15-13(19)16-6-2-1-3-7-16/h1-2,4-5,8H,3,6-7H2,(H,15,19)(H,17,18). The third kappa shape index (κ3) is 3.09. The lowest BCUT2D eigenvalue weighted by Crippen LogP contribution is -2.37. The first-order valence-corrected chi connectivity index (χ1v) is 5.81. The molecule has 1 aliphatic heterocycles.